The van der Waals surface area contributed by atoms with Crippen molar-refractivity contribution in [2.24, 2.45) is 13.0 Å². The van der Waals surface area contributed by atoms with Gasteiger partial charge < -0.3 is 10.0 Å². The summed E-state index contributed by atoms with van der Waals surface area (Å²) in [5, 5.41) is 13.7. The number of halogens is 1. The van der Waals surface area contributed by atoms with Crippen LogP contribution in [0.2, 0.25) is 5.15 Å². The number of likely N-dealkylation sites (tertiary alicyclic amines) is 1. The first kappa shape index (κ1) is 15.6. The summed E-state index contributed by atoms with van der Waals surface area (Å²) in [5.74, 6) is -1.55. The van der Waals surface area contributed by atoms with Gasteiger partial charge in [0.05, 0.1) is 11.6 Å². The highest BCUT2D eigenvalue weighted by Gasteiger charge is 2.37. The van der Waals surface area contributed by atoms with E-state index in [1.165, 1.54) is 6.08 Å². The van der Waals surface area contributed by atoms with Gasteiger partial charge in [0.15, 0.2) is 0 Å². The first-order chi connectivity index (χ1) is 9.82. The summed E-state index contributed by atoms with van der Waals surface area (Å²) in [6, 6.07) is -0.301. The maximum absolute atomic E-state index is 12.2. The average molecular weight is 312 g/mol. The molecule has 114 valence electrons. The van der Waals surface area contributed by atoms with Crippen molar-refractivity contribution in [3.63, 3.8) is 0 Å². The van der Waals surface area contributed by atoms with Crippen LogP contribution in [0.5, 0.6) is 0 Å². The molecule has 2 heterocycles. The van der Waals surface area contributed by atoms with E-state index >= 15 is 0 Å². The van der Waals surface area contributed by atoms with E-state index < -0.39 is 11.9 Å². The van der Waals surface area contributed by atoms with Crippen molar-refractivity contribution in [1.82, 2.24) is 14.7 Å². The van der Waals surface area contributed by atoms with Gasteiger partial charge in [0.1, 0.15) is 5.15 Å². The first-order valence-electron chi connectivity index (χ1n) is 6.73. The van der Waals surface area contributed by atoms with Gasteiger partial charge in [-0.3, -0.25) is 14.3 Å². The molecule has 0 aromatic carbocycles. The van der Waals surface area contributed by atoms with E-state index in [4.69, 9.17) is 16.7 Å². The Morgan fingerprint density at radius 2 is 2.14 bits per heavy atom. The Bertz CT molecular complexity index is 609. The molecule has 0 aliphatic carbocycles. The van der Waals surface area contributed by atoms with Crippen LogP contribution >= 0.6 is 11.6 Å². The van der Waals surface area contributed by atoms with Crippen LogP contribution in [0.1, 0.15) is 24.6 Å². The standard InChI is InChI=1S/C14H18ClN3O3/c1-8-10(13(15)17(3)16-8)4-5-12(19)18-7-6-11(9(18)2)14(20)21/h4-5,9,11H,6-7H2,1-3H3,(H,20,21). The smallest absolute Gasteiger partial charge is 0.308 e. The number of carbonyl (C=O) groups excluding carboxylic acids is 1. The van der Waals surface area contributed by atoms with Gasteiger partial charge in [0.2, 0.25) is 5.91 Å². The van der Waals surface area contributed by atoms with Crippen LogP contribution in [0.3, 0.4) is 0 Å². The molecule has 1 aliphatic heterocycles. The van der Waals surface area contributed by atoms with Crippen molar-refractivity contribution in [3.8, 4) is 0 Å². The van der Waals surface area contributed by atoms with Crippen LogP contribution in [0.15, 0.2) is 6.08 Å². The van der Waals surface area contributed by atoms with Gasteiger partial charge in [-0.2, -0.15) is 5.10 Å². The molecule has 1 fully saturated rings. The van der Waals surface area contributed by atoms with Crippen LogP contribution in [-0.2, 0) is 16.6 Å². The zero-order valence-electron chi connectivity index (χ0n) is 12.2. The number of aliphatic carboxylic acids is 1. The van der Waals surface area contributed by atoms with Crippen molar-refractivity contribution >= 4 is 29.6 Å². The fourth-order valence-electron chi connectivity index (χ4n) is 2.67. The lowest BCUT2D eigenvalue weighted by Crippen LogP contribution is -2.36. The Labute approximate surface area is 128 Å². The molecular weight excluding hydrogens is 294 g/mol. The predicted molar refractivity (Wildman–Crippen MR) is 78.9 cm³/mol. The summed E-state index contributed by atoms with van der Waals surface area (Å²) in [5.41, 5.74) is 1.44. The van der Waals surface area contributed by atoms with Crippen molar-refractivity contribution in [2.75, 3.05) is 6.54 Å². The molecule has 6 nitrogen and oxygen atoms in total. The van der Waals surface area contributed by atoms with Gasteiger partial charge in [-0.1, -0.05) is 11.6 Å². The highest BCUT2D eigenvalue weighted by atomic mass is 35.5. The number of carboxylic acids is 1. The van der Waals surface area contributed by atoms with E-state index in [2.05, 4.69) is 5.10 Å². The van der Waals surface area contributed by atoms with E-state index in [0.717, 1.165) is 5.69 Å². The molecular formula is C14H18ClN3O3. The molecule has 2 unspecified atom stereocenters. The Morgan fingerprint density at radius 3 is 2.62 bits per heavy atom. The largest absolute Gasteiger partial charge is 0.481 e. The quantitative estimate of drug-likeness (QED) is 0.862. The number of hydrogen-bond acceptors (Lipinski definition) is 3. The van der Waals surface area contributed by atoms with Crippen LogP contribution < -0.4 is 0 Å². The fraction of sp³-hybridized carbons (Fsp3) is 0.500. The van der Waals surface area contributed by atoms with E-state index in [0.29, 0.717) is 23.7 Å². The summed E-state index contributed by atoms with van der Waals surface area (Å²) in [7, 11) is 1.73. The number of hydrogen-bond donors (Lipinski definition) is 1. The second kappa shape index (κ2) is 5.89. The monoisotopic (exact) mass is 311 g/mol. The lowest BCUT2D eigenvalue weighted by atomic mass is 10.0. The number of rotatable bonds is 3. The maximum atomic E-state index is 12.2. The normalized spacial score (nSPS) is 22.2. The third-order valence-corrected chi connectivity index (χ3v) is 4.39. The van der Waals surface area contributed by atoms with Crippen LogP contribution in [0.4, 0.5) is 0 Å². The summed E-state index contributed by atoms with van der Waals surface area (Å²) in [6.45, 7) is 4.04. The number of nitrogens with zero attached hydrogens (tertiary/aromatic N) is 3. The molecule has 1 saturated heterocycles. The molecule has 21 heavy (non-hydrogen) atoms. The molecule has 7 heteroatoms. The van der Waals surface area contributed by atoms with Crippen molar-refractivity contribution in [3.05, 3.63) is 22.5 Å². The van der Waals surface area contributed by atoms with Crippen LogP contribution in [0.25, 0.3) is 6.08 Å². The van der Waals surface area contributed by atoms with Gasteiger partial charge >= 0.3 is 5.97 Å². The summed E-state index contributed by atoms with van der Waals surface area (Å²) < 4.78 is 1.54. The van der Waals surface area contributed by atoms with Crippen molar-refractivity contribution in [1.29, 1.82) is 0 Å². The minimum absolute atomic E-state index is 0.203. The molecule has 1 aromatic rings. The van der Waals surface area contributed by atoms with E-state index in [1.54, 1.807) is 29.6 Å². The van der Waals surface area contributed by atoms with Crippen molar-refractivity contribution < 1.29 is 14.7 Å². The minimum Gasteiger partial charge on any atom is -0.481 e. The number of amides is 1. The first-order valence-corrected chi connectivity index (χ1v) is 7.11. The van der Waals surface area contributed by atoms with Crippen LogP contribution in [0, 0.1) is 12.8 Å². The second-order valence-electron chi connectivity index (χ2n) is 5.25. The van der Waals surface area contributed by atoms with E-state index in [9.17, 15) is 9.59 Å². The Kier molecular flexibility index (Phi) is 4.37. The molecule has 1 aromatic heterocycles. The van der Waals surface area contributed by atoms with Gasteiger partial charge in [-0.25, -0.2) is 0 Å². The highest BCUT2D eigenvalue weighted by molar-refractivity contribution is 6.31. The molecule has 2 rings (SSSR count). The zero-order chi connectivity index (χ0) is 15.7. The number of aryl methyl sites for hydroxylation is 2. The molecule has 1 amide bonds. The zero-order valence-corrected chi connectivity index (χ0v) is 13.0. The molecule has 0 bridgehead atoms. The minimum atomic E-state index is -0.854. The summed E-state index contributed by atoms with van der Waals surface area (Å²) >= 11 is 6.10. The van der Waals surface area contributed by atoms with Gasteiger partial charge in [0, 0.05) is 31.3 Å². The number of carbonyl (C=O) groups is 2. The Hall–Kier alpha value is -1.82. The lowest BCUT2D eigenvalue weighted by molar-refractivity contribution is -0.142. The Balaban J connectivity index is 2.12. The SMILES string of the molecule is Cc1nn(C)c(Cl)c1C=CC(=O)N1CCC(C(=O)O)C1C. The third kappa shape index (κ3) is 2.95. The molecule has 1 aliphatic rings. The average Bonchev–Trinajstić information content (AvgIpc) is 2.89. The van der Waals surface area contributed by atoms with Gasteiger partial charge in [-0.15, -0.1) is 0 Å². The second-order valence-corrected chi connectivity index (χ2v) is 5.61. The topological polar surface area (TPSA) is 75.4 Å². The van der Waals surface area contributed by atoms with Crippen LogP contribution in [-0.4, -0.2) is 44.3 Å². The van der Waals surface area contributed by atoms with E-state index in [-0.39, 0.29) is 11.9 Å². The number of aromatic nitrogens is 2. The van der Waals surface area contributed by atoms with E-state index in [1.807, 2.05) is 6.92 Å². The van der Waals surface area contributed by atoms with Gasteiger partial charge in [-0.05, 0) is 26.3 Å². The lowest BCUT2D eigenvalue weighted by Gasteiger charge is -2.21. The summed E-state index contributed by atoms with van der Waals surface area (Å²) in [6.07, 6.45) is 3.55. The Morgan fingerprint density at radius 1 is 1.48 bits per heavy atom. The van der Waals surface area contributed by atoms with Gasteiger partial charge in [0.25, 0.3) is 0 Å². The van der Waals surface area contributed by atoms with Crippen molar-refractivity contribution in [2.45, 2.75) is 26.3 Å². The molecule has 1 N–H and O–H groups in total. The molecule has 2 atom stereocenters. The fourth-order valence-corrected chi connectivity index (χ4v) is 2.90. The highest BCUT2D eigenvalue weighted by Crippen LogP contribution is 2.25. The molecule has 0 radical (unpaired) electrons. The molecule has 0 saturated carbocycles. The number of carboxylic acid groups (broad SMARTS) is 1. The predicted octanol–water partition coefficient (Wildman–Crippen LogP) is 1.72. The maximum Gasteiger partial charge on any atom is 0.308 e. The third-order valence-electron chi connectivity index (χ3n) is 3.94. The molecule has 0 spiro atoms. The summed E-state index contributed by atoms with van der Waals surface area (Å²) in [4.78, 5) is 24.8.